The van der Waals surface area contributed by atoms with E-state index in [9.17, 15) is 19.5 Å². The molecule has 0 heterocycles. The number of nitrogens with one attached hydrogen (secondary N) is 1. The van der Waals surface area contributed by atoms with E-state index in [0.717, 1.165) is 32.1 Å². The van der Waals surface area contributed by atoms with Crippen LogP contribution < -0.4 is 10.1 Å². The topological polar surface area (TPSA) is 102 Å². The SMILES string of the molecule is CCCCCCCC(CCC(C)O)OC(=O)C(C(=O)Nc1ccccc1)C(=O)c1ccc(OC)cc1. The molecule has 2 rings (SSSR count). The number of rotatable bonds is 16. The van der Waals surface area contributed by atoms with Crippen molar-refractivity contribution in [2.45, 2.75) is 77.4 Å². The van der Waals surface area contributed by atoms with E-state index >= 15 is 0 Å². The van der Waals surface area contributed by atoms with Gasteiger partial charge in [-0.1, -0.05) is 50.8 Å². The number of esters is 1. The van der Waals surface area contributed by atoms with Gasteiger partial charge in [0.25, 0.3) is 0 Å². The zero-order valence-electron chi connectivity index (χ0n) is 21.6. The number of hydrogen-bond acceptors (Lipinski definition) is 6. The number of carbonyl (C=O) groups is 3. The van der Waals surface area contributed by atoms with Crippen molar-refractivity contribution in [1.82, 2.24) is 0 Å². The molecule has 3 atom stereocenters. The maximum absolute atomic E-state index is 13.4. The normalized spacial score (nSPS) is 13.3. The number of carbonyl (C=O) groups excluding carboxylic acids is 3. The number of aliphatic hydroxyl groups excluding tert-OH is 1. The lowest BCUT2D eigenvalue weighted by molar-refractivity contribution is -0.155. The van der Waals surface area contributed by atoms with Crippen molar-refractivity contribution < 1.29 is 29.0 Å². The van der Waals surface area contributed by atoms with Crippen molar-refractivity contribution in [3.05, 3.63) is 60.2 Å². The van der Waals surface area contributed by atoms with E-state index in [1.807, 2.05) is 0 Å². The quantitative estimate of drug-likeness (QED) is 0.136. The van der Waals surface area contributed by atoms with Crippen LogP contribution in [-0.4, -0.2) is 42.1 Å². The van der Waals surface area contributed by atoms with Gasteiger partial charge in [0.2, 0.25) is 5.91 Å². The summed E-state index contributed by atoms with van der Waals surface area (Å²) in [6.45, 7) is 3.83. The Balaban J connectivity index is 2.22. The summed E-state index contributed by atoms with van der Waals surface area (Å²) in [4.78, 5) is 39.8. The molecule has 2 aromatic carbocycles. The predicted molar refractivity (Wildman–Crippen MR) is 140 cm³/mol. The molecule has 0 bridgehead atoms. The molecule has 36 heavy (non-hydrogen) atoms. The molecule has 196 valence electrons. The van der Waals surface area contributed by atoms with Crippen molar-refractivity contribution in [3.63, 3.8) is 0 Å². The number of ether oxygens (including phenoxy) is 2. The van der Waals surface area contributed by atoms with Crippen LogP contribution in [0.25, 0.3) is 0 Å². The van der Waals surface area contributed by atoms with E-state index in [2.05, 4.69) is 12.2 Å². The van der Waals surface area contributed by atoms with Gasteiger partial charge in [-0.2, -0.15) is 0 Å². The van der Waals surface area contributed by atoms with Crippen LogP contribution in [0.15, 0.2) is 54.6 Å². The third kappa shape index (κ3) is 9.82. The Morgan fingerprint density at radius 3 is 2.17 bits per heavy atom. The van der Waals surface area contributed by atoms with Crippen molar-refractivity contribution in [1.29, 1.82) is 0 Å². The van der Waals surface area contributed by atoms with Gasteiger partial charge in [0.1, 0.15) is 11.9 Å². The Bertz CT molecular complexity index is 942. The summed E-state index contributed by atoms with van der Waals surface area (Å²) in [5, 5.41) is 12.4. The average molecular weight is 498 g/mol. The van der Waals surface area contributed by atoms with Crippen molar-refractivity contribution in [2.24, 2.45) is 5.92 Å². The number of aliphatic hydroxyl groups is 1. The fourth-order valence-corrected chi connectivity index (χ4v) is 3.89. The molecule has 0 saturated heterocycles. The summed E-state index contributed by atoms with van der Waals surface area (Å²) >= 11 is 0. The zero-order chi connectivity index (χ0) is 26.3. The number of anilines is 1. The molecule has 2 N–H and O–H groups in total. The summed E-state index contributed by atoms with van der Waals surface area (Å²) in [6, 6.07) is 14.9. The Morgan fingerprint density at radius 2 is 1.56 bits per heavy atom. The van der Waals surface area contributed by atoms with E-state index in [1.54, 1.807) is 49.4 Å². The fraction of sp³-hybridized carbons (Fsp3) is 0.483. The zero-order valence-corrected chi connectivity index (χ0v) is 21.6. The highest BCUT2D eigenvalue weighted by Gasteiger charge is 2.37. The number of para-hydroxylation sites is 1. The Kier molecular flexibility index (Phi) is 12.7. The third-order valence-electron chi connectivity index (χ3n) is 5.99. The van der Waals surface area contributed by atoms with Crippen LogP contribution in [0.2, 0.25) is 0 Å². The molecular formula is C29H39NO6. The highest BCUT2D eigenvalue weighted by atomic mass is 16.5. The Hall–Kier alpha value is -3.19. The fourth-order valence-electron chi connectivity index (χ4n) is 3.89. The minimum Gasteiger partial charge on any atom is -0.497 e. The summed E-state index contributed by atoms with van der Waals surface area (Å²) in [6.07, 6.45) is 5.78. The third-order valence-corrected chi connectivity index (χ3v) is 5.99. The lowest BCUT2D eigenvalue weighted by Crippen LogP contribution is -2.39. The van der Waals surface area contributed by atoms with E-state index in [1.165, 1.54) is 19.2 Å². The smallest absolute Gasteiger partial charge is 0.326 e. The first kappa shape index (κ1) is 29.0. The number of methoxy groups -OCH3 is 1. The van der Waals surface area contributed by atoms with Gasteiger partial charge in [-0.25, -0.2) is 0 Å². The van der Waals surface area contributed by atoms with Gasteiger partial charge in [0.15, 0.2) is 11.7 Å². The van der Waals surface area contributed by atoms with Crippen LogP contribution >= 0.6 is 0 Å². The number of benzene rings is 2. The molecule has 0 radical (unpaired) electrons. The van der Waals surface area contributed by atoms with Crippen LogP contribution in [0, 0.1) is 5.92 Å². The monoisotopic (exact) mass is 497 g/mol. The summed E-state index contributed by atoms with van der Waals surface area (Å²) < 4.78 is 10.9. The molecule has 0 fully saturated rings. The minimum absolute atomic E-state index is 0.209. The predicted octanol–water partition coefficient (Wildman–Crippen LogP) is 5.57. The van der Waals surface area contributed by atoms with Crippen LogP contribution in [0.1, 0.15) is 75.6 Å². The second kappa shape index (κ2) is 15.7. The summed E-state index contributed by atoms with van der Waals surface area (Å²) in [5.41, 5.74) is 0.686. The van der Waals surface area contributed by atoms with Crippen LogP contribution in [0.3, 0.4) is 0 Å². The van der Waals surface area contributed by atoms with E-state index in [-0.39, 0.29) is 5.56 Å². The van der Waals surface area contributed by atoms with Gasteiger partial charge in [-0.15, -0.1) is 0 Å². The number of amides is 1. The maximum Gasteiger partial charge on any atom is 0.326 e. The number of hydrogen-bond donors (Lipinski definition) is 2. The molecule has 0 spiro atoms. The second-order valence-corrected chi connectivity index (χ2v) is 9.07. The highest BCUT2D eigenvalue weighted by Crippen LogP contribution is 2.21. The van der Waals surface area contributed by atoms with E-state index in [4.69, 9.17) is 9.47 Å². The van der Waals surface area contributed by atoms with Gasteiger partial charge in [0, 0.05) is 11.3 Å². The standard InChI is InChI=1S/C29H39NO6/c1-4-5-6-7-11-14-25(18-15-21(2)31)36-29(34)26(28(33)30-23-12-9-8-10-13-23)27(32)22-16-19-24(35-3)20-17-22/h8-10,12-13,16-17,19-21,25-26,31H,4-7,11,14-15,18H2,1-3H3,(H,30,33). The summed E-state index contributed by atoms with van der Waals surface area (Å²) in [7, 11) is 1.51. The first-order valence-corrected chi connectivity index (χ1v) is 12.8. The second-order valence-electron chi connectivity index (χ2n) is 9.07. The summed E-state index contributed by atoms with van der Waals surface area (Å²) in [5.74, 6) is -3.38. The van der Waals surface area contributed by atoms with Crippen LogP contribution in [0.5, 0.6) is 5.75 Å². The molecule has 3 unspecified atom stereocenters. The van der Waals surface area contributed by atoms with E-state index in [0.29, 0.717) is 30.7 Å². The molecule has 0 saturated carbocycles. The van der Waals surface area contributed by atoms with Gasteiger partial charge >= 0.3 is 5.97 Å². The molecule has 7 nitrogen and oxygen atoms in total. The van der Waals surface area contributed by atoms with Crippen molar-refractivity contribution in [3.8, 4) is 5.75 Å². The van der Waals surface area contributed by atoms with Crippen LogP contribution in [0.4, 0.5) is 5.69 Å². The minimum atomic E-state index is -1.66. The Labute approximate surface area is 214 Å². The largest absolute Gasteiger partial charge is 0.497 e. The van der Waals surface area contributed by atoms with Crippen LogP contribution in [-0.2, 0) is 14.3 Å². The number of unbranched alkanes of at least 4 members (excludes halogenated alkanes) is 4. The van der Waals surface area contributed by atoms with E-state index < -0.39 is 35.8 Å². The average Bonchev–Trinajstić information content (AvgIpc) is 2.87. The molecule has 7 heteroatoms. The molecule has 0 aromatic heterocycles. The van der Waals surface area contributed by atoms with Crippen molar-refractivity contribution >= 4 is 23.3 Å². The molecule has 1 amide bonds. The maximum atomic E-state index is 13.4. The number of ketones is 1. The highest BCUT2D eigenvalue weighted by molar-refractivity contribution is 6.24. The Morgan fingerprint density at radius 1 is 0.889 bits per heavy atom. The first-order chi connectivity index (χ1) is 17.3. The van der Waals surface area contributed by atoms with Gasteiger partial charge in [0.05, 0.1) is 13.2 Å². The molecule has 0 aliphatic heterocycles. The first-order valence-electron chi connectivity index (χ1n) is 12.8. The van der Waals surface area contributed by atoms with Gasteiger partial charge in [-0.3, -0.25) is 14.4 Å². The molecule has 2 aromatic rings. The molecular weight excluding hydrogens is 458 g/mol. The van der Waals surface area contributed by atoms with Crippen molar-refractivity contribution in [2.75, 3.05) is 12.4 Å². The van der Waals surface area contributed by atoms with Gasteiger partial charge in [-0.05, 0) is 69.0 Å². The lowest BCUT2D eigenvalue weighted by atomic mass is 9.96. The molecule has 0 aliphatic carbocycles. The lowest BCUT2D eigenvalue weighted by Gasteiger charge is -2.22. The number of Topliss-reactive ketones (excluding diaryl/α,β-unsaturated/α-hetero) is 1. The molecule has 0 aliphatic rings. The van der Waals surface area contributed by atoms with Gasteiger partial charge < -0.3 is 19.9 Å².